The molecule has 0 aliphatic carbocycles. The predicted octanol–water partition coefficient (Wildman–Crippen LogP) is 1.65. The molecule has 5 heteroatoms. The summed E-state index contributed by atoms with van der Waals surface area (Å²) < 4.78 is 0.667. The van der Waals surface area contributed by atoms with Crippen LogP contribution in [-0.4, -0.2) is 18.1 Å². The Labute approximate surface area is 107 Å². The molecule has 16 heavy (non-hydrogen) atoms. The number of nitrogens with zero attached hydrogens (tertiary/aromatic N) is 1. The van der Waals surface area contributed by atoms with E-state index in [0.717, 1.165) is 0 Å². The summed E-state index contributed by atoms with van der Waals surface area (Å²) in [6.45, 7) is 0. The Morgan fingerprint density at radius 2 is 2.31 bits per heavy atom. The van der Waals surface area contributed by atoms with Gasteiger partial charge < -0.3 is 10.4 Å². The summed E-state index contributed by atoms with van der Waals surface area (Å²) in [5.74, 6) is -0.248. The van der Waals surface area contributed by atoms with Gasteiger partial charge in [-0.05, 0) is 46.4 Å². The summed E-state index contributed by atoms with van der Waals surface area (Å²) in [5, 5.41) is 20.5. The summed E-state index contributed by atoms with van der Waals surface area (Å²) in [5.41, 5.74) is 0.728. The van der Waals surface area contributed by atoms with E-state index in [0.29, 0.717) is 9.13 Å². The first-order chi connectivity index (χ1) is 7.58. The molecule has 0 heterocycles. The van der Waals surface area contributed by atoms with E-state index in [1.54, 1.807) is 12.1 Å². The van der Waals surface area contributed by atoms with Crippen molar-refractivity contribution in [2.75, 3.05) is 7.05 Å². The molecule has 0 aliphatic heterocycles. The Bertz CT molecular complexity index is 489. The van der Waals surface area contributed by atoms with Crippen LogP contribution in [0.3, 0.4) is 0 Å². The molecule has 0 atom stereocenters. The lowest BCUT2D eigenvalue weighted by Crippen LogP contribution is -2.19. The van der Waals surface area contributed by atoms with Crippen LogP contribution in [0, 0.1) is 14.9 Å². The number of nitrogens with one attached hydrogen (secondary N) is 1. The maximum atomic E-state index is 11.2. The second-order valence-electron chi connectivity index (χ2n) is 2.96. The van der Waals surface area contributed by atoms with Crippen LogP contribution >= 0.6 is 22.6 Å². The molecule has 0 aromatic heterocycles. The standard InChI is InChI=1S/C11H9IN2O2/c1-14-11(16)8(6-13)4-7-2-3-10(15)9(12)5-7/h2-5,15H,1H3,(H,14,16)/b8-4-. The molecule has 1 rings (SSSR count). The molecule has 0 spiro atoms. The first-order valence-corrected chi connectivity index (χ1v) is 5.48. The van der Waals surface area contributed by atoms with Crippen LogP contribution in [-0.2, 0) is 4.79 Å². The first-order valence-electron chi connectivity index (χ1n) is 4.41. The molecule has 0 radical (unpaired) electrons. The molecular weight excluding hydrogens is 319 g/mol. The number of carbonyl (C=O) groups is 1. The molecule has 0 fully saturated rings. The van der Waals surface area contributed by atoms with E-state index < -0.39 is 5.91 Å². The molecule has 0 saturated carbocycles. The molecule has 0 bridgehead atoms. The average molecular weight is 328 g/mol. The quantitative estimate of drug-likeness (QED) is 0.493. The van der Waals surface area contributed by atoms with Crippen LogP contribution in [0.2, 0.25) is 0 Å². The van der Waals surface area contributed by atoms with E-state index in [9.17, 15) is 9.90 Å². The van der Waals surface area contributed by atoms with Gasteiger partial charge >= 0.3 is 0 Å². The molecule has 2 N–H and O–H groups in total. The van der Waals surface area contributed by atoms with Gasteiger partial charge in [0.2, 0.25) is 0 Å². The minimum atomic E-state index is -0.425. The van der Waals surface area contributed by atoms with Crippen LogP contribution in [0.5, 0.6) is 5.75 Å². The minimum Gasteiger partial charge on any atom is -0.507 e. The van der Waals surface area contributed by atoms with Crippen molar-refractivity contribution in [3.8, 4) is 11.8 Å². The Balaban J connectivity index is 3.10. The van der Waals surface area contributed by atoms with Gasteiger partial charge in [0.05, 0.1) is 3.57 Å². The number of carbonyl (C=O) groups excluding carboxylic acids is 1. The molecule has 1 aromatic carbocycles. The van der Waals surface area contributed by atoms with Gasteiger partial charge in [-0.2, -0.15) is 5.26 Å². The number of halogens is 1. The van der Waals surface area contributed by atoms with Crippen LogP contribution in [0.4, 0.5) is 0 Å². The highest BCUT2D eigenvalue weighted by Gasteiger charge is 2.06. The second-order valence-corrected chi connectivity index (χ2v) is 4.12. The van der Waals surface area contributed by atoms with Gasteiger partial charge in [0.15, 0.2) is 0 Å². The monoisotopic (exact) mass is 328 g/mol. The van der Waals surface area contributed by atoms with Crippen molar-refractivity contribution in [2.45, 2.75) is 0 Å². The summed E-state index contributed by atoms with van der Waals surface area (Å²) in [6, 6.07) is 6.67. The normalized spacial score (nSPS) is 10.7. The number of nitriles is 1. The zero-order valence-corrected chi connectivity index (χ0v) is 10.6. The van der Waals surface area contributed by atoms with Crippen molar-refractivity contribution in [3.05, 3.63) is 32.9 Å². The smallest absolute Gasteiger partial charge is 0.261 e. The van der Waals surface area contributed by atoms with Crippen molar-refractivity contribution < 1.29 is 9.90 Å². The van der Waals surface area contributed by atoms with Crippen LogP contribution in [0.1, 0.15) is 5.56 Å². The molecule has 1 aromatic rings. The summed E-state index contributed by atoms with van der Waals surface area (Å²) in [6.07, 6.45) is 1.47. The van der Waals surface area contributed by atoms with E-state index in [2.05, 4.69) is 5.32 Å². The maximum absolute atomic E-state index is 11.2. The van der Waals surface area contributed by atoms with Gasteiger partial charge in [0.1, 0.15) is 17.4 Å². The van der Waals surface area contributed by atoms with Gasteiger partial charge in [-0.15, -0.1) is 0 Å². The lowest BCUT2D eigenvalue weighted by atomic mass is 10.1. The van der Waals surface area contributed by atoms with Crippen molar-refractivity contribution in [2.24, 2.45) is 0 Å². The number of likely N-dealkylation sites (N-methyl/N-ethyl adjacent to an activating group) is 1. The fourth-order valence-electron chi connectivity index (χ4n) is 1.06. The lowest BCUT2D eigenvalue weighted by molar-refractivity contribution is -0.116. The number of benzene rings is 1. The highest BCUT2D eigenvalue weighted by atomic mass is 127. The van der Waals surface area contributed by atoms with Crippen molar-refractivity contribution in [1.29, 1.82) is 5.26 Å². The van der Waals surface area contributed by atoms with Crippen molar-refractivity contribution in [1.82, 2.24) is 5.32 Å². The summed E-state index contributed by atoms with van der Waals surface area (Å²) in [7, 11) is 1.47. The third kappa shape index (κ3) is 2.97. The van der Waals surface area contributed by atoms with E-state index in [1.807, 2.05) is 28.7 Å². The third-order valence-electron chi connectivity index (χ3n) is 1.87. The van der Waals surface area contributed by atoms with Gasteiger partial charge in [0, 0.05) is 7.05 Å². The lowest BCUT2D eigenvalue weighted by Gasteiger charge is -2.00. The number of phenolic OH excluding ortho intramolecular Hbond substituents is 1. The first kappa shape index (κ1) is 12.5. The minimum absolute atomic E-state index is 0.0315. The number of phenols is 1. The SMILES string of the molecule is CNC(=O)/C(C#N)=C\c1ccc(O)c(I)c1. The zero-order chi connectivity index (χ0) is 12.1. The fraction of sp³-hybridized carbons (Fsp3) is 0.0909. The molecule has 0 saturated heterocycles. The van der Waals surface area contributed by atoms with Gasteiger partial charge in [-0.3, -0.25) is 4.79 Å². The van der Waals surface area contributed by atoms with Crippen molar-refractivity contribution in [3.63, 3.8) is 0 Å². The van der Waals surface area contributed by atoms with E-state index in [4.69, 9.17) is 5.26 Å². The largest absolute Gasteiger partial charge is 0.507 e. The number of aromatic hydroxyl groups is 1. The Morgan fingerprint density at radius 1 is 1.62 bits per heavy atom. The van der Waals surface area contributed by atoms with E-state index in [-0.39, 0.29) is 11.3 Å². The second kappa shape index (κ2) is 5.51. The van der Waals surface area contributed by atoms with Gasteiger partial charge in [-0.25, -0.2) is 0 Å². The molecular formula is C11H9IN2O2. The van der Waals surface area contributed by atoms with Gasteiger partial charge in [-0.1, -0.05) is 6.07 Å². The maximum Gasteiger partial charge on any atom is 0.261 e. The highest BCUT2D eigenvalue weighted by molar-refractivity contribution is 14.1. The summed E-state index contributed by atoms with van der Waals surface area (Å²) in [4.78, 5) is 11.2. The van der Waals surface area contributed by atoms with Crippen LogP contribution in [0.15, 0.2) is 23.8 Å². The fourth-order valence-corrected chi connectivity index (χ4v) is 1.60. The molecule has 1 amide bonds. The molecule has 0 aliphatic rings. The Hall–Kier alpha value is -1.55. The van der Waals surface area contributed by atoms with Crippen LogP contribution in [0.25, 0.3) is 6.08 Å². The number of rotatable bonds is 2. The number of hydrogen-bond acceptors (Lipinski definition) is 3. The highest BCUT2D eigenvalue weighted by Crippen LogP contribution is 2.21. The predicted molar refractivity (Wildman–Crippen MR) is 68.5 cm³/mol. The average Bonchev–Trinajstić information content (AvgIpc) is 2.29. The van der Waals surface area contributed by atoms with Crippen molar-refractivity contribution >= 4 is 34.6 Å². The van der Waals surface area contributed by atoms with E-state index in [1.165, 1.54) is 19.2 Å². The number of amides is 1. The molecule has 4 nitrogen and oxygen atoms in total. The molecule has 0 unspecified atom stereocenters. The summed E-state index contributed by atoms with van der Waals surface area (Å²) >= 11 is 1.97. The van der Waals surface area contributed by atoms with E-state index >= 15 is 0 Å². The van der Waals surface area contributed by atoms with Gasteiger partial charge in [0.25, 0.3) is 5.91 Å². The molecule has 82 valence electrons. The Kier molecular flexibility index (Phi) is 4.31. The number of hydrogen-bond donors (Lipinski definition) is 2. The van der Waals surface area contributed by atoms with Crippen LogP contribution < -0.4 is 5.32 Å². The Morgan fingerprint density at radius 3 is 2.81 bits per heavy atom. The zero-order valence-electron chi connectivity index (χ0n) is 8.49. The topological polar surface area (TPSA) is 73.1 Å². The third-order valence-corrected chi connectivity index (χ3v) is 2.74.